The van der Waals surface area contributed by atoms with Gasteiger partial charge in [0.25, 0.3) is 0 Å². The Morgan fingerprint density at radius 1 is 1.06 bits per heavy atom. The molecule has 2 unspecified atom stereocenters. The summed E-state index contributed by atoms with van der Waals surface area (Å²) in [5.41, 5.74) is 3.41. The van der Waals surface area contributed by atoms with Gasteiger partial charge in [-0.3, -0.25) is 0 Å². The van der Waals surface area contributed by atoms with Crippen LogP contribution in [0.25, 0.3) is 21.9 Å². The van der Waals surface area contributed by atoms with Crippen molar-refractivity contribution in [2.45, 2.75) is 51.0 Å². The van der Waals surface area contributed by atoms with Crippen LogP contribution in [0, 0.1) is 11.8 Å². The summed E-state index contributed by atoms with van der Waals surface area (Å²) >= 11 is 9.92. The summed E-state index contributed by atoms with van der Waals surface area (Å²) in [5.74, 6) is 2.52. The van der Waals surface area contributed by atoms with Crippen LogP contribution in [0.15, 0.2) is 47.3 Å². The van der Waals surface area contributed by atoms with Gasteiger partial charge in [-0.1, -0.05) is 23.7 Å². The fourth-order valence-corrected chi connectivity index (χ4v) is 5.86. The first-order chi connectivity index (χ1) is 16.1. The highest BCUT2D eigenvalue weighted by Crippen LogP contribution is 2.39. The van der Waals surface area contributed by atoms with E-state index in [2.05, 4.69) is 66.2 Å². The zero-order valence-corrected chi connectivity index (χ0v) is 20.8. The lowest BCUT2D eigenvalue weighted by atomic mass is 9.97. The molecule has 4 aromatic rings. The summed E-state index contributed by atoms with van der Waals surface area (Å²) in [6, 6.07) is 11.5. The monoisotopic (exact) mass is 523 g/mol. The van der Waals surface area contributed by atoms with Crippen molar-refractivity contribution < 1.29 is 0 Å². The molecule has 0 radical (unpaired) electrons. The van der Waals surface area contributed by atoms with Gasteiger partial charge in [0, 0.05) is 24.2 Å². The molecule has 0 spiro atoms. The minimum Gasteiger partial charge on any atom is -0.369 e. The molecule has 0 saturated heterocycles. The number of rotatable bonds is 7. The number of fused-ring (bicyclic) bond motifs is 2. The predicted molar refractivity (Wildman–Crippen MR) is 138 cm³/mol. The molecule has 1 aromatic carbocycles. The molecule has 2 aliphatic carbocycles. The molecule has 3 heterocycles. The molecule has 2 atom stereocenters. The first-order valence-corrected chi connectivity index (χ1v) is 13.1. The zero-order valence-electron chi connectivity index (χ0n) is 18.5. The number of anilines is 1. The van der Waals surface area contributed by atoms with Crippen LogP contribution in [0.3, 0.4) is 0 Å². The Labute approximate surface area is 207 Å². The zero-order chi connectivity index (χ0) is 22.4. The summed E-state index contributed by atoms with van der Waals surface area (Å²) < 4.78 is 3.35. The summed E-state index contributed by atoms with van der Waals surface area (Å²) in [4.78, 5) is 13.5. The van der Waals surface area contributed by atoms with E-state index in [-0.39, 0.29) is 0 Å². The Kier molecular flexibility index (Phi) is 5.75. The quantitative estimate of drug-likeness (QED) is 0.260. The van der Waals surface area contributed by atoms with Crippen molar-refractivity contribution in [1.82, 2.24) is 19.5 Å². The van der Waals surface area contributed by atoms with E-state index in [1.165, 1.54) is 49.5 Å². The van der Waals surface area contributed by atoms with Crippen LogP contribution in [-0.2, 0) is 6.42 Å². The summed E-state index contributed by atoms with van der Waals surface area (Å²) in [6.45, 7) is 1.02. The van der Waals surface area contributed by atoms with E-state index in [4.69, 9.17) is 16.6 Å². The number of nitrogens with one attached hydrogen (secondary N) is 1. The number of pyridine rings is 1. The highest BCUT2D eigenvalue weighted by molar-refractivity contribution is 9.10. The lowest BCUT2D eigenvalue weighted by Gasteiger charge is -2.14. The fraction of sp³-hybridized carbons (Fsp3) is 0.423. The maximum atomic E-state index is 6.24. The van der Waals surface area contributed by atoms with Gasteiger partial charge < -0.3 is 9.88 Å². The standard InChI is InChI=1S/C26H27BrClN5/c27-22-13-19-7-5-17(12-23(19)32-25(22)29-14-18-3-4-18)2-1-16-6-8-20(11-16)33-10-9-21-24(28)30-15-31-26(21)33/h5,7,9-10,12-13,15-16,18,20H,1-4,6,8,11,14H2,(H,29,32). The predicted octanol–water partition coefficient (Wildman–Crippen LogP) is 7.19. The lowest BCUT2D eigenvalue weighted by Crippen LogP contribution is -2.06. The summed E-state index contributed by atoms with van der Waals surface area (Å²) in [7, 11) is 0. The van der Waals surface area contributed by atoms with E-state index in [0.717, 1.165) is 51.6 Å². The minimum atomic E-state index is 0.495. The summed E-state index contributed by atoms with van der Waals surface area (Å²) in [5, 5.41) is 6.19. The van der Waals surface area contributed by atoms with E-state index < -0.39 is 0 Å². The number of hydrogen-bond acceptors (Lipinski definition) is 4. The van der Waals surface area contributed by atoms with Crippen LogP contribution in [0.4, 0.5) is 5.82 Å². The maximum Gasteiger partial charge on any atom is 0.145 e. The highest BCUT2D eigenvalue weighted by Gasteiger charge is 2.27. The molecular formula is C26H27BrClN5. The molecule has 0 bridgehead atoms. The normalized spacial score (nSPS) is 20.7. The van der Waals surface area contributed by atoms with Crippen LogP contribution >= 0.6 is 27.5 Å². The molecule has 1 N–H and O–H groups in total. The fourth-order valence-electron chi connectivity index (χ4n) is 5.20. The number of aryl methyl sites for hydroxylation is 1. The third kappa shape index (κ3) is 4.47. The first-order valence-electron chi connectivity index (χ1n) is 11.9. The molecule has 2 saturated carbocycles. The van der Waals surface area contributed by atoms with E-state index in [0.29, 0.717) is 11.2 Å². The second-order valence-electron chi connectivity index (χ2n) is 9.67. The van der Waals surface area contributed by atoms with Crippen molar-refractivity contribution in [2.75, 3.05) is 11.9 Å². The second kappa shape index (κ2) is 8.88. The average molecular weight is 525 g/mol. The molecule has 3 aromatic heterocycles. The highest BCUT2D eigenvalue weighted by atomic mass is 79.9. The Hall–Kier alpha value is -2.18. The van der Waals surface area contributed by atoms with E-state index in [1.54, 1.807) is 6.33 Å². The molecule has 0 amide bonds. The third-order valence-electron chi connectivity index (χ3n) is 7.30. The lowest BCUT2D eigenvalue weighted by molar-refractivity contribution is 0.461. The molecule has 2 aliphatic rings. The maximum absolute atomic E-state index is 6.24. The average Bonchev–Trinajstić information content (AvgIpc) is 3.35. The SMILES string of the molecule is Clc1ncnc2c1ccn2C1CCC(CCc2ccc3cc(Br)c(NCC4CC4)nc3c2)C1. The van der Waals surface area contributed by atoms with Crippen molar-refractivity contribution >= 4 is 55.3 Å². The van der Waals surface area contributed by atoms with Gasteiger partial charge >= 0.3 is 0 Å². The van der Waals surface area contributed by atoms with Gasteiger partial charge in [0.2, 0.25) is 0 Å². The minimum absolute atomic E-state index is 0.495. The van der Waals surface area contributed by atoms with Crippen LogP contribution in [0.5, 0.6) is 0 Å². The first kappa shape index (κ1) is 21.4. The third-order valence-corrected chi connectivity index (χ3v) is 8.21. The van der Waals surface area contributed by atoms with Crippen LogP contribution in [-0.4, -0.2) is 26.1 Å². The van der Waals surface area contributed by atoms with Gasteiger partial charge in [0.05, 0.1) is 15.4 Å². The van der Waals surface area contributed by atoms with Crippen molar-refractivity contribution in [3.8, 4) is 0 Å². The molecule has 33 heavy (non-hydrogen) atoms. The van der Waals surface area contributed by atoms with Gasteiger partial charge in [-0.05, 0) is 96.5 Å². The molecule has 7 heteroatoms. The molecule has 170 valence electrons. The van der Waals surface area contributed by atoms with Crippen molar-refractivity contribution in [3.63, 3.8) is 0 Å². The van der Waals surface area contributed by atoms with Crippen LogP contribution in [0.2, 0.25) is 5.15 Å². The smallest absolute Gasteiger partial charge is 0.145 e. The van der Waals surface area contributed by atoms with Gasteiger partial charge in [-0.25, -0.2) is 15.0 Å². The van der Waals surface area contributed by atoms with Gasteiger partial charge in [-0.15, -0.1) is 0 Å². The Morgan fingerprint density at radius 3 is 2.82 bits per heavy atom. The molecular weight excluding hydrogens is 498 g/mol. The second-order valence-corrected chi connectivity index (χ2v) is 10.9. The molecule has 6 rings (SSSR count). The number of hydrogen-bond donors (Lipinski definition) is 1. The van der Waals surface area contributed by atoms with Gasteiger partial charge in [0.15, 0.2) is 0 Å². The van der Waals surface area contributed by atoms with Crippen molar-refractivity contribution in [2.24, 2.45) is 11.8 Å². The number of halogens is 2. The van der Waals surface area contributed by atoms with Crippen molar-refractivity contribution in [3.05, 3.63) is 58.0 Å². The van der Waals surface area contributed by atoms with Gasteiger partial charge in [0.1, 0.15) is 22.9 Å². The number of nitrogens with zero attached hydrogens (tertiary/aromatic N) is 4. The molecule has 2 fully saturated rings. The Bertz CT molecular complexity index is 1320. The van der Waals surface area contributed by atoms with E-state index in [9.17, 15) is 0 Å². The largest absolute Gasteiger partial charge is 0.369 e. The van der Waals surface area contributed by atoms with E-state index in [1.807, 2.05) is 6.07 Å². The van der Waals surface area contributed by atoms with Crippen molar-refractivity contribution in [1.29, 1.82) is 0 Å². The Morgan fingerprint density at radius 2 is 1.94 bits per heavy atom. The Balaban J connectivity index is 1.12. The summed E-state index contributed by atoms with van der Waals surface area (Å²) in [6.07, 6.45) is 12.3. The number of aromatic nitrogens is 4. The van der Waals surface area contributed by atoms with Crippen LogP contribution < -0.4 is 5.32 Å². The van der Waals surface area contributed by atoms with Gasteiger partial charge in [-0.2, -0.15) is 0 Å². The molecule has 0 aliphatic heterocycles. The number of benzene rings is 1. The topological polar surface area (TPSA) is 55.6 Å². The van der Waals surface area contributed by atoms with Crippen LogP contribution in [0.1, 0.15) is 50.1 Å². The van der Waals surface area contributed by atoms with E-state index >= 15 is 0 Å². The molecule has 5 nitrogen and oxygen atoms in total.